The second-order valence-corrected chi connectivity index (χ2v) is 17.0. The lowest BCUT2D eigenvalue weighted by Crippen LogP contribution is -2.55. The van der Waals surface area contributed by atoms with Gasteiger partial charge in [0.05, 0.1) is 30.7 Å². The molecule has 2 saturated heterocycles. The van der Waals surface area contributed by atoms with Crippen LogP contribution in [0.4, 0.5) is 5.69 Å². The van der Waals surface area contributed by atoms with E-state index >= 15 is 14.4 Å². The van der Waals surface area contributed by atoms with Crippen LogP contribution < -0.4 is 15.4 Å². The van der Waals surface area contributed by atoms with E-state index in [0.29, 0.717) is 46.5 Å². The zero-order valence-electron chi connectivity index (χ0n) is 34.9. The van der Waals surface area contributed by atoms with Crippen molar-refractivity contribution in [3.05, 3.63) is 167 Å². The lowest BCUT2D eigenvalue weighted by Gasteiger charge is -2.46. The van der Waals surface area contributed by atoms with Gasteiger partial charge in [-0.3, -0.25) is 19.3 Å². The maximum atomic E-state index is 15.6. The molecule has 0 aromatic heterocycles. The Morgan fingerprint density at radius 3 is 2.19 bits per heavy atom. The monoisotopic (exact) mass is 845 g/mol. The number of fused-ring (bicyclic) bond motifs is 3. The molecule has 3 aliphatic heterocycles. The summed E-state index contributed by atoms with van der Waals surface area (Å²) in [7, 11) is 0. The number of ether oxygens (including phenoxy) is 2. The van der Waals surface area contributed by atoms with Crippen LogP contribution in [0, 0.1) is 17.8 Å². The number of esters is 1. The first-order valence-corrected chi connectivity index (χ1v) is 21.9. The zero-order valence-corrected chi connectivity index (χ0v) is 34.9. The van der Waals surface area contributed by atoms with Crippen molar-refractivity contribution in [2.75, 3.05) is 25.1 Å². The molecule has 1 aliphatic carbocycles. The fourth-order valence-electron chi connectivity index (χ4n) is 10.3. The van der Waals surface area contributed by atoms with Gasteiger partial charge in [-0.1, -0.05) is 128 Å². The van der Waals surface area contributed by atoms with E-state index < -0.39 is 65.1 Å². The van der Waals surface area contributed by atoms with Gasteiger partial charge in [0.15, 0.2) is 0 Å². The Balaban J connectivity index is 1.28. The zero-order chi connectivity index (χ0) is 43.6. The Bertz CT molecular complexity index is 2520. The Morgan fingerprint density at radius 1 is 0.825 bits per heavy atom. The average molecular weight is 846 g/mol. The van der Waals surface area contributed by atoms with Crippen molar-refractivity contribution in [1.82, 2.24) is 10.2 Å². The molecular formula is C52H51N3O8. The molecule has 11 heteroatoms. The van der Waals surface area contributed by atoms with Crippen molar-refractivity contribution in [1.29, 1.82) is 0 Å². The average Bonchev–Trinajstić information content (AvgIpc) is 3.68. The summed E-state index contributed by atoms with van der Waals surface area (Å²) < 4.78 is 12.5. The van der Waals surface area contributed by atoms with Gasteiger partial charge in [0.2, 0.25) is 11.8 Å². The van der Waals surface area contributed by atoms with Crippen LogP contribution in [-0.2, 0) is 24.5 Å². The molecule has 2 amide bonds. The number of nitrogens with one attached hydrogen (secondary N) is 2. The number of carbonyl (C=O) groups is 3. The maximum Gasteiger partial charge on any atom is 0.324 e. The molecule has 1 spiro atoms. The summed E-state index contributed by atoms with van der Waals surface area (Å²) in [6.07, 6.45) is 3.00. The molecule has 9 rings (SSSR count). The molecule has 63 heavy (non-hydrogen) atoms. The SMILES string of the molecule is O=C1O[C@H](c2ccccc2)[C@H](c2ccccc2)N2[C@H]1[C@@H](C(=O)NC[C@H](O)c1ccccc1)[C@]1(C(=O)Nc3ccc(C#CC4(O)CCCCCC4)cc31)[C@H]2c1cccc(OCCO)c1. The molecule has 1 saturated carbocycles. The summed E-state index contributed by atoms with van der Waals surface area (Å²) in [6.45, 7) is -0.398. The standard InChI is InChI=1S/C52H51N3O8/c56-29-30-62-39-22-14-21-38(32-39)47-52(40-31-34(23-24-41(40)54-50(52)60)25-28-51(61)26-12-1-2-13-27-51)43(48(58)53-33-42(57)35-15-6-3-7-16-35)45-49(59)63-46(37-19-10-5-11-20-37)44(55(45)47)36-17-8-4-9-18-36/h3-11,14-24,31-32,42-47,56-57,61H,1-2,12-13,26-27,29-30,33H2,(H,53,58)(H,54,60)/t42-,43-,44-,45-,46+,47+,52-/m0/s1. The van der Waals surface area contributed by atoms with Crippen molar-refractivity contribution in [2.45, 2.75) is 79.9 Å². The smallest absolute Gasteiger partial charge is 0.324 e. The number of amides is 2. The van der Waals surface area contributed by atoms with Crippen LogP contribution in [0.1, 0.15) is 96.2 Å². The number of aliphatic hydroxyl groups is 3. The predicted molar refractivity (Wildman–Crippen MR) is 236 cm³/mol. The number of carbonyl (C=O) groups excluding carboxylic acids is 3. The van der Waals surface area contributed by atoms with Gasteiger partial charge in [-0.2, -0.15) is 0 Å². The molecular weight excluding hydrogens is 795 g/mol. The van der Waals surface area contributed by atoms with Gasteiger partial charge in [-0.05, 0) is 83.8 Å². The molecule has 7 atom stereocenters. The molecule has 11 nitrogen and oxygen atoms in total. The summed E-state index contributed by atoms with van der Waals surface area (Å²) in [4.78, 5) is 48.1. The van der Waals surface area contributed by atoms with E-state index in [0.717, 1.165) is 36.8 Å². The third-order valence-electron chi connectivity index (χ3n) is 13.1. The van der Waals surface area contributed by atoms with Gasteiger partial charge >= 0.3 is 5.97 Å². The van der Waals surface area contributed by atoms with E-state index in [2.05, 4.69) is 22.5 Å². The van der Waals surface area contributed by atoms with E-state index in [1.54, 1.807) is 54.6 Å². The minimum atomic E-state index is -1.80. The number of hydrogen-bond donors (Lipinski definition) is 5. The summed E-state index contributed by atoms with van der Waals surface area (Å²) in [5.74, 6) is 3.63. The fourth-order valence-corrected chi connectivity index (χ4v) is 10.3. The van der Waals surface area contributed by atoms with Gasteiger partial charge in [0.1, 0.15) is 35.5 Å². The lowest BCUT2D eigenvalue weighted by atomic mass is 9.65. The molecule has 0 unspecified atom stereocenters. The fraction of sp³-hybridized carbons (Fsp3) is 0.327. The van der Waals surface area contributed by atoms with Crippen LogP contribution >= 0.6 is 0 Å². The van der Waals surface area contributed by atoms with Crippen LogP contribution in [0.25, 0.3) is 0 Å². The van der Waals surface area contributed by atoms with Gasteiger partial charge in [-0.25, -0.2) is 0 Å². The number of rotatable bonds is 10. The van der Waals surface area contributed by atoms with Gasteiger partial charge in [-0.15, -0.1) is 0 Å². The minimum absolute atomic E-state index is 0.0210. The third-order valence-corrected chi connectivity index (χ3v) is 13.1. The molecule has 5 aromatic rings. The molecule has 0 radical (unpaired) electrons. The topological polar surface area (TPSA) is 158 Å². The molecule has 4 aliphatic rings. The number of aliphatic hydroxyl groups excluding tert-OH is 2. The number of nitrogens with zero attached hydrogens (tertiary/aromatic N) is 1. The van der Waals surface area contributed by atoms with Crippen molar-refractivity contribution in [2.24, 2.45) is 5.92 Å². The van der Waals surface area contributed by atoms with E-state index in [9.17, 15) is 15.3 Å². The van der Waals surface area contributed by atoms with E-state index in [4.69, 9.17) is 9.47 Å². The highest BCUT2D eigenvalue weighted by molar-refractivity contribution is 6.12. The van der Waals surface area contributed by atoms with Crippen LogP contribution in [0.5, 0.6) is 5.75 Å². The first-order chi connectivity index (χ1) is 30.7. The second-order valence-electron chi connectivity index (χ2n) is 17.0. The van der Waals surface area contributed by atoms with Crippen molar-refractivity contribution in [3.63, 3.8) is 0 Å². The minimum Gasteiger partial charge on any atom is -0.491 e. The Morgan fingerprint density at radius 2 is 1.49 bits per heavy atom. The molecule has 3 fully saturated rings. The number of cyclic esters (lactones) is 1. The van der Waals surface area contributed by atoms with Crippen LogP contribution in [0.15, 0.2) is 133 Å². The quantitative estimate of drug-likeness (QED) is 0.0593. The van der Waals surface area contributed by atoms with Crippen LogP contribution in [-0.4, -0.2) is 69.4 Å². The van der Waals surface area contributed by atoms with Crippen molar-refractivity contribution < 1.29 is 39.2 Å². The number of morpholine rings is 1. The number of anilines is 1. The molecule has 3 heterocycles. The molecule has 5 aromatic carbocycles. The molecule has 322 valence electrons. The predicted octanol–water partition coefficient (Wildman–Crippen LogP) is 6.62. The summed E-state index contributed by atoms with van der Waals surface area (Å²) >= 11 is 0. The van der Waals surface area contributed by atoms with E-state index in [1.807, 2.05) is 83.8 Å². The Kier molecular flexibility index (Phi) is 11.9. The Hall–Kier alpha value is -6.29. The lowest BCUT2D eigenvalue weighted by molar-refractivity contribution is -0.178. The highest BCUT2D eigenvalue weighted by Crippen LogP contribution is 2.65. The van der Waals surface area contributed by atoms with E-state index in [1.165, 1.54) is 0 Å². The van der Waals surface area contributed by atoms with Crippen LogP contribution in [0.3, 0.4) is 0 Å². The second kappa shape index (κ2) is 17.8. The summed E-state index contributed by atoms with van der Waals surface area (Å²) in [5, 5.41) is 38.7. The third kappa shape index (κ3) is 7.89. The number of hydrogen-bond acceptors (Lipinski definition) is 9. The number of benzene rings is 5. The van der Waals surface area contributed by atoms with Gasteiger partial charge in [0, 0.05) is 17.8 Å². The molecule has 0 bridgehead atoms. The van der Waals surface area contributed by atoms with Gasteiger partial charge in [0.25, 0.3) is 0 Å². The largest absolute Gasteiger partial charge is 0.491 e. The first kappa shape index (κ1) is 42.0. The van der Waals surface area contributed by atoms with E-state index in [-0.39, 0.29) is 19.8 Å². The first-order valence-electron chi connectivity index (χ1n) is 21.9. The summed E-state index contributed by atoms with van der Waals surface area (Å²) in [5.41, 5.74) is 1.21. The van der Waals surface area contributed by atoms with Gasteiger partial charge < -0.3 is 35.4 Å². The van der Waals surface area contributed by atoms with Crippen molar-refractivity contribution in [3.8, 4) is 17.6 Å². The Labute approximate surface area is 367 Å². The molecule has 5 N–H and O–H groups in total. The highest BCUT2D eigenvalue weighted by atomic mass is 16.6. The summed E-state index contributed by atoms with van der Waals surface area (Å²) in [6, 6.07) is 37.6. The highest BCUT2D eigenvalue weighted by Gasteiger charge is 2.74. The van der Waals surface area contributed by atoms with Crippen LogP contribution in [0.2, 0.25) is 0 Å². The maximum absolute atomic E-state index is 15.6. The van der Waals surface area contributed by atoms with Crippen molar-refractivity contribution >= 4 is 23.5 Å². The normalized spacial score (nSPS) is 25.3.